The Kier molecular flexibility index (Phi) is 6.68. The maximum Gasteiger partial charge on any atom is 0.407 e. The second-order valence-corrected chi connectivity index (χ2v) is 8.38. The smallest absolute Gasteiger partial charge is 0.407 e. The van der Waals surface area contributed by atoms with Crippen LogP contribution in [-0.2, 0) is 19.1 Å². The van der Waals surface area contributed by atoms with Crippen molar-refractivity contribution in [2.75, 3.05) is 32.8 Å². The number of carboxylic acids is 1. The Hall–Kier alpha value is -4.02. The van der Waals surface area contributed by atoms with E-state index in [9.17, 15) is 28.0 Å². The Morgan fingerprint density at radius 3 is 2.14 bits per heavy atom. The number of carbonyl (C=O) groups excluding carboxylic acids is 3. The number of carbonyl (C=O) groups is 4. The van der Waals surface area contributed by atoms with Crippen molar-refractivity contribution in [2.24, 2.45) is 5.92 Å². The van der Waals surface area contributed by atoms with Gasteiger partial charge in [0.05, 0.1) is 13.1 Å². The second kappa shape index (κ2) is 9.69. The molecule has 3 N–H and O–H groups in total. The molecule has 2 aliphatic rings. The number of alkyl halides is 2. The average molecular weight is 487 g/mol. The number of nitrogens with one attached hydrogen (secondary N) is 2. The molecule has 1 aliphatic heterocycles. The minimum Gasteiger partial charge on any atom is -0.481 e. The number of amides is 3. The van der Waals surface area contributed by atoms with Gasteiger partial charge in [0.1, 0.15) is 19.1 Å². The van der Waals surface area contributed by atoms with Crippen molar-refractivity contribution < 1.29 is 37.8 Å². The molecule has 1 fully saturated rings. The maximum atomic E-state index is 13.7. The van der Waals surface area contributed by atoms with Crippen LogP contribution >= 0.6 is 0 Å². The first kappa shape index (κ1) is 24.1. The molecule has 11 heteroatoms. The van der Waals surface area contributed by atoms with Gasteiger partial charge in [0, 0.05) is 12.5 Å². The van der Waals surface area contributed by atoms with Crippen LogP contribution in [0.2, 0.25) is 0 Å². The van der Waals surface area contributed by atoms with Crippen molar-refractivity contribution in [3.05, 3.63) is 59.7 Å². The van der Waals surface area contributed by atoms with Crippen molar-refractivity contribution in [1.82, 2.24) is 15.5 Å². The number of carboxylic acid groups (broad SMARTS) is 1. The number of hydrogen-bond acceptors (Lipinski definition) is 5. The molecule has 3 amide bonds. The molecule has 0 aromatic heterocycles. The molecule has 1 saturated heterocycles. The number of nitrogens with zero attached hydrogens (tertiary/aromatic N) is 1. The lowest BCUT2D eigenvalue weighted by atomic mass is 9.98. The Morgan fingerprint density at radius 2 is 1.57 bits per heavy atom. The molecule has 2 aromatic rings. The van der Waals surface area contributed by atoms with Gasteiger partial charge in [0.15, 0.2) is 0 Å². The van der Waals surface area contributed by atoms with E-state index in [4.69, 9.17) is 9.84 Å². The monoisotopic (exact) mass is 487 g/mol. The SMILES string of the molecule is O=C(CNC(=O)OCC1c2ccccc2-c2ccccc21)NCC(=O)N1CC(C(=O)O)C(F)(F)C1. The van der Waals surface area contributed by atoms with E-state index in [2.05, 4.69) is 10.6 Å². The minimum absolute atomic E-state index is 0.0634. The van der Waals surface area contributed by atoms with Crippen LogP contribution in [0.4, 0.5) is 13.6 Å². The van der Waals surface area contributed by atoms with Crippen LogP contribution in [0.1, 0.15) is 17.0 Å². The Morgan fingerprint density at radius 1 is 0.971 bits per heavy atom. The van der Waals surface area contributed by atoms with Crippen molar-refractivity contribution in [1.29, 1.82) is 0 Å². The van der Waals surface area contributed by atoms with E-state index in [0.717, 1.165) is 22.3 Å². The zero-order valence-corrected chi connectivity index (χ0v) is 18.5. The molecule has 0 spiro atoms. The summed E-state index contributed by atoms with van der Waals surface area (Å²) in [6, 6.07) is 15.7. The quantitative estimate of drug-likeness (QED) is 0.547. The first-order valence-corrected chi connectivity index (χ1v) is 10.9. The predicted molar refractivity (Wildman–Crippen MR) is 119 cm³/mol. The number of hydrogen-bond donors (Lipinski definition) is 3. The summed E-state index contributed by atoms with van der Waals surface area (Å²) in [6.45, 7) is -2.70. The number of benzene rings is 2. The van der Waals surface area contributed by atoms with E-state index in [-0.39, 0.29) is 12.5 Å². The molecule has 0 saturated carbocycles. The zero-order valence-electron chi connectivity index (χ0n) is 18.5. The van der Waals surface area contributed by atoms with Crippen LogP contribution in [0.15, 0.2) is 48.5 Å². The van der Waals surface area contributed by atoms with Gasteiger partial charge in [0.2, 0.25) is 11.8 Å². The zero-order chi connectivity index (χ0) is 25.2. The highest BCUT2D eigenvalue weighted by Crippen LogP contribution is 2.44. The van der Waals surface area contributed by atoms with Crippen LogP contribution in [0.25, 0.3) is 11.1 Å². The molecule has 1 heterocycles. The van der Waals surface area contributed by atoms with Crippen molar-refractivity contribution >= 4 is 23.9 Å². The number of fused-ring (bicyclic) bond motifs is 3. The van der Waals surface area contributed by atoms with Crippen LogP contribution in [0.3, 0.4) is 0 Å². The fourth-order valence-corrected chi connectivity index (χ4v) is 4.38. The largest absolute Gasteiger partial charge is 0.481 e. The van der Waals surface area contributed by atoms with E-state index in [1.807, 2.05) is 48.5 Å². The number of halogens is 2. The number of alkyl carbamates (subject to hydrolysis) is 1. The summed E-state index contributed by atoms with van der Waals surface area (Å²) in [6.07, 6.45) is -0.822. The Labute approximate surface area is 199 Å². The normalized spacial score (nSPS) is 17.9. The van der Waals surface area contributed by atoms with Gasteiger partial charge in [-0.3, -0.25) is 14.4 Å². The summed E-state index contributed by atoms with van der Waals surface area (Å²) in [4.78, 5) is 47.8. The van der Waals surface area contributed by atoms with E-state index in [0.29, 0.717) is 4.90 Å². The van der Waals surface area contributed by atoms with E-state index in [1.54, 1.807) is 0 Å². The Bertz CT molecular complexity index is 1130. The molecule has 0 bridgehead atoms. The average Bonchev–Trinajstić information content (AvgIpc) is 3.34. The standard InChI is InChI=1S/C24H23F2N3O6/c25-24(26)13-29(11-19(24)22(32)33)21(31)10-27-20(30)9-28-23(34)35-12-18-16-7-3-1-5-14(16)15-6-2-4-8-17(15)18/h1-8,18-19H,9-13H2,(H,27,30)(H,28,34)(H,32,33). The van der Waals surface area contributed by atoms with Crippen LogP contribution in [0, 0.1) is 5.92 Å². The second-order valence-electron chi connectivity index (χ2n) is 8.38. The molecule has 1 atom stereocenters. The summed E-state index contributed by atoms with van der Waals surface area (Å²) < 4.78 is 32.7. The number of ether oxygens (including phenoxy) is 1. The molecular formula is C24H23F2N3O6. The number of rotatable bonds is 7. The molecule has 2 aromatic carbocycles. The molecule has 1 unspecified atom stereocenters. The summed E-state index contributed by atoms with van der Waals surface area (Å²) in [5.74, 6) is -8.95. The Balaban J connectivity index is 1.22. The van der Waals surface area contributed by atoms with Gasteiger partial charge in [-0.05, 0) is 22.3 Å². The topological polar surface area (TPSA) is 125 Å². The third-order valence-electron chi connectivity index (χ3n) is 6.14. The highest BCUT2D eigenvalue weighted by molar-refractivity contribution is 5.88. The lowest BCUT2D eigenvalue weighted by molar-refractivity contribution is -0.151. The lowest BCUT2D eigenvalue weighted by Gasteiger charge is -2.16. The van der Waals surface area contributed by atoms with Gasteiger partial charge in [0.25, 0.3) is 5.92 Å². The van der Waals surface area contributed by atoms with Gasteiger partial charge in [-0.1, -0.05) is 48.5 Å². The molecule has 4 rings (SSSR count). The first-order chi connectivity index (χ1) is 16.7. The van der Waals surface area contributed by atoms with Gasteiger partial charge in [-0.15, -0.1) is 0 Å². The summed E-state index contributed by atoms with van der Waals surface area (Å²) in [5.41, 5.74) is 4.23. The molecule has 0 radical (unpaired) electrons. The molecule has 9 nitrogen and oxygen atoms in total. The van der Waals surface area contributed by atoms with Crippen molar-refractivity contribution in [2.45, 2.75) is 11.8 Å². The molecule has 35 heavy (non-hydrogen) atoms. The van der Waals surface area contributed by atoms with Crippen molar-refractivity contribution in [3.8, 4) is 11.1 Å². The van der Waals surface area contributed by atoms with Gasteiger partial charge in [-0.25, -0.2) is 13.6 Å². The molecule has 184 valence electrons. The van der Waals surface area contributed by atoms with E-state index < -0.39 is 61.9 Å². The van der Waals surface area contributed by atoms with Crippen molar-refractivity contribution in [3.63, 3.8) is 0 Å². The molecule has 1 aliphatic carbocycles. The fraction of sp³-hybridized carbons (Fsp3) is 0.333. The van der Waals surface area contributed by atoms with Crippen LogP contribution in [-0.4, -0.2) is 72.6 Å². The van der Waals surface area contributed by atoms with Crippen LogP contribution < -0.4 is 10.6 Å². The third-order valence-corrected chi connectivity index (χ3v) is 6.14. The van der Waals surface area contributed by atoms with Gasteiger partial charge < -0.3 is 25.4 Å². The first-order valence-electron chi connectivity index (χ1n) is 10.9. The minimum atomic E-state index is -3.54. The molecular weight excluding hydrogens is 464 g/mol. The number of aliphatic carboxylic acids is 1. The third kappa shape index (κ3) is 5.08. The maximum absolute atomic E-state index is 13.7. The summed E-state index contributed by atoms with van der Waals surface area (Å²) >= 11 is 0. The van der Waals surface area contributed by atoms with E-state index >= 15 is 0 Å². The lowest BCUT2D eigenvalue weighted by Crippen LogP contribution is -2.43. The highest BCUT2D eigenvalue weighted by atomic mass is 19.3. The number of likely N-dealkylation sites (tertiary alicyclic amines) is 1. The summed E-state index contributed by atoms with van der Waals surface area (Å²) in [7, 11) is 0. The fourth-order valence-electron chi connectivity index (χ4n) is 4.38. The summed E-state index contributed by atoms with van der Waals surface area (Å²) in [5, 5.41) is 13.4. The predicted octanol–water partition coefficient (Wildman–Crippen LogP) is 1.82. The van der Waals surface area contributed by atoms with E-state index in [1.165, 1.54) is 0 Å². The van der Waals surface area contributed by atoms with Gasteiger partial charge >= 0.3 is 12.1 Å². The highest BCUT2D eigenvalue weighted by Gasteiger charge is 2.53. The van der Waals surface area contributed by atoms with Gasteiger partial charge in [-0.2, -0.15) is 0 Å². The van der Waals surface area contributed by atoms with Crippen LogP contribution in [0.5, 0.6) is 0 Å².